The Morgan fingerprint density at radius 2 is 1.80 bits per heavy atom. The fraction of sp³-hybridized carbons (Fsp3) is 0.900. The van der Waals surface area contributed by atoms with Gasteiger partial charge in [0.05, 0.1) is 0 Å². The monoisotopic (exact) mass is 141 g/mol. The second-order valence-corrected chi connectivity index (χ2v) is 3.35. The molecule has 0 amide bonds. The van der Waals surface area contributed by atoms with Gasteiger partial charge in [-0.25, -0.2) is 0 Å². The summed E-state index contributed by atoms with van der Waals surface area (Å²) >= 11 is 0. The van der Waals surface area contributed by atoms with Crippen LogP contribution in [0.1, 0.15) is 47.0 Å². The molecule has 62 valence electrons. The summed E-state index contributed by atoms with van der Waals surface area (Å²) in [5.41, 5.74) is 0. The van der Waals surface area contributed by atoms with Gasteiger partial charge >= 0.3 is 0 Å². The van der Waals surface area contributed by atoms with E-state index in [0.717, 1.165) is 11.8 Å². The lowest BCUT2D eigenvalue weighted by atomic mass is 9.89. The van der Waals surface area contributed by atoms with Crippen molar-refractivity contribution in [3.05, 3.63) is 6.42 Å². The molecular formula is C10H21-. The van der Waals surface area contributed by atoms with Gasteiger partial charge in [-0.2, -0.15) is 13.3 Å². The smallest absolute Gasteiger partial charge is 0.0421 e. The van der Waals surface area contributed by atoms with Crippen molar-refractivity contribution in [2.24, 2.45) is 11.8 Å². The van der Waals surface area contributed by atoms with Gasteiger partial charge in [-0.15, -0.1) is 0 Å². The first-order chi connectivity index (χ1) is 4.72. The van der Waals surface area contributed by atoms with Crippen LogP contribution in [0.3, 0.4) is 0 Å². The zero-order valence-electron chi connectivity index (χ0n) is 7.85. The molecule has 0 heteroatoms. The fourth-order valence-corrected chi connectivity index (χ4v) is 1.12. The summed E-state index contributed by atoms with van der Waals surface area (Å²) in [6.07, 6.45) is 6.24. The SMILES string of the molecule is C[CH-]CCC(C)C(C)CC. The summed E-state index contributed by atoms with van der Waals surface area (Å²) in [6, 6.07) is 0. The molecular weight excluding hydrogens is 120 g/mol. The predicted octanol–water partition coefficient (Wildman–Crippen LogP) is 3.67. The molecule has 0 aliphatic rings. The summed E-state index contributed by atoms with van der Waals surface area (Å²) in [4.78, 5) is 0. The van der Waals surface area contributed by atoms with Crippen molar-refractivity contribution < 1.29 is 0 Å². The molecule has 0 aromatic rings. The molecule has 2 unspecified atom stereocenters. The Hall–Kier alpha value is 0. The molecule has 0 radical (unpaired) electrons. The van der Waals surface area contributed by atoms with Gasteiger partial charge in [0, 0.05) is 0 Å². The van der Waals surface area contributed by atoms with Crippen LogP contribution in [0, 0.1) is 18.3 Å². The molecule has 0 nitrogen and oxygen atoms in total. The van der Waals surface area contributed by atoms with Gasteiger partial charge in [-0.3, -0.25) is 0 Å². The van der Waals surface area contributed by atoms with Crippen molar-refractivity contribution in [2.75, 3.05) is 0 Å². The summed E-state index contributed by atoms with van der Waals surface area (Å²) < 4.78 is 0. The lowest BCUT2D eigenvalue weighted by Gasteiger charge is -2.19. The maximum Gasteiger partial charge on any atom is -0.0421 e. The van der Waals surface area contributed by atoms with Crippen LogP contribution in [-0.2, 0) is 0 Å². The Kier molecular flexibility index (Phi) is 5.76. The van der Waals surface area contributed by atoms with Crippen LogP contribution in [0.2, 0.25) is 0 Å². The zero-order chi connectivity index (χ0) is 7.98. The van der Waals surface area contributed by atoms with Crippen LogP contribution in [0.25, 0.3) is 0 Å². The van der Waals surface area contributed by atoms with E-state index in [4.69, 9.17) is 0 Å². The third-order valence-corrected chi connectivity index (χ3v) is 2.53. The minimum absolute atomic E-state index is 0.903. The fourth-order valence-electron chi connectivity index (χ4n) is 1.12. The molecule has 0 saturated carbocycles. The van der Waals surface area contributed by atoms with Crippen LogP contribution in [0.4, 0.5) is 0 Å². The Morgan fingerprint density at radius 3 is 2.20 bits per heavy atom. The van der Waals surface area contributed by atoms with Gasteiger partial charge in [-0.05, 0) is 11.8 Å². The molecule has 10 heavy (non-hydrogen) atoms. The number of hydrogen-bond donors (Lipinski definition) is 0. The number of hydrogen-bond acceptors (Lipinski definition) is 0. The van der Waals surface area contributed by atoms with Gasteiger partial charge in [0.1, 0.15) is 0 Å². The van der Waals surface area contributed by atoms with E-state index >= 15 is 0 Å². The van der Waals surface area contributed by atoms with E-state index in [0.29, 0.717) is 0 Å². The summed E-state index contributed by atoms with van der Waals surface area (Å²) in [7, 11) is 0. The van der Waals surface area contributed by atoms with Crippen LogP contribution in [0.15, 0.2) is 0 Å². The third kappa shape index (κ3) is 3.92. The van der Waals surface area contributed by atoms with Gasteiger partial charge in [0.25, 0.3) is 0 Å². The van der Waals surface area contributed by atoms with Gasteiger partial charge in [-0.1, -0.05) is 33.6 Å². The van der Waals surface area contributed by atoms with Gasteiger partial charge < -0.3 is 6.42 Å². The second kappa shape index (κ2) is 5.76. The molecule has 0 N–H and O–H groups in total. The van der Waals surface area contributed by atoms with Crippen molar-refractivity contribution in [1.29, 1.82) is 0 Å². The topological polar surface area (TPSA) is 0 Å². The van der Waals surface area contributed by atoms with Crippen molar-refractivity contribution in [2.45, 2.75) is 47.0 Å². The minimum Gasteiger partial charge on any atom is -0.331 e. The van der Waals surface area contributed by atoms with Crippen molar-refractivity contribution in [3.8, 4) is 0 Å². The molecule has 0 fully saturated rings. The van der Waals surface area contributed by atoms with Crippen LogP contribution in [-0.4, -0.2) is 0 Å². The Morgan fingerprint density at radius 1 is 1.20 bits per heavy atom. The molecule has 0 aromatic heterocycles. The first-order valence-corrected chi connectivity index (χ1v) is 4.50. The van der Waals surface area contributed by atoms with Crippen LogP contribution >= 0.6 is 0 Å². The molecule has 0 saturated heterocycles. The molecule has 0 aliphatic carbocycles. The van der Waals surface area contributed by atoms with E-state index in [-0.39, 0.29) is 0 Å². The minimum atomic E-state index is 0.903. The standard InChI is InChI=1S/C10H21/c1-5-7-8-10(4)9(3)6-2/h5,9-10H,6-8H2,1-4H3/q-1. The molecule has 0 bridgehead atoms. The third-order valence-electron chi connectivity index (χ3n) is 2.53. The second-order valence-electron chi connectivity index (χ2n) is 3.35. The maximum absolute atomic E-state index is 2.36. The molecule has 0 rings (SSSR count). The largest absolute Gasteiger partial charge is 0.331 e. The highest BCUT2D eigenvalue weighted by Crippen LogP contribution is 2.19. The molecule has 0 spiro atoms. The first-order valence-electron chi connectivity index (χ1n) is 4.50. The molecule has 0 heterocycles. The highest BCUT2D eigenvalue weighted by molar-refractivity contribution is 4.64. The summed E-state index contributed by atoms with van der Waals surface area (Å²) in [5, 5.41) is 0. The van der Waals surface area contributed by atoms with Crippen molar-refractivity contribution >= 4 is 0 Å². The van der Waals surface area contributed by atoms with Crippen LogP contribution < -0.4 is 0 Å². The average molecular weight is 141 g/mol. The predicted molar refractivity (Wildman–Crippen MR) is 47.8 cm³/mol. The van der Waals surface area contributed by atoms with Crippen molar-refractivity contribution in [1.82, 2.24) is 0 Å². The normalized spacial score (nSPS) is 16.8. The molecule has 0 aliphatic heterocycles. The number of rotatable bonds is 5. The molecule has 0 aromatic carbocycles. The number of unbranched alkanes of at least 4 members (excludes halogenated alkanes) is 1. The Balaban J connectivity index is 3.31. The Bertz CT molecular complexity index is 66.4. The highest BCUT2D eigenvalue weighted by atomic mass is 14.1. The van der Waals surface area contributed by atoms with Gasteiger partial charge in [0.2, 0.25) is 0 Å². The van der Waals surface area contributed by atoms with Crippen LogP contribution in [0.5, 0.6) is 0 Å². The highest BCUT2D eigenvalue weighted by Gasteiger charge is 2.06. The van der Waals surface area contributed by atoms with E-state index in [1.807, 2.05) is 0 Å². The van der Waals surface area contributed by atoms with E-state index in [2.05, 4.69) is 34.1 Å². The first kappa shape index (κ1) is 10.0. The zero-order valence-corrected chi connectivity index (χ0v) is 7.85. The van der Waals surface area contributed by atoms with Gasteiger partial charge in [0.15, 0.2) is 0 Å². The summed E-state index contributed by atoms with van der Waals surface area (Å²) in [6.45, 7) is 9.12. The maximum atomic E-state index is 2.36. The summed E-state index contributed by atoms with van der Waals surface area (Å²) in [5.74, 6) is 1.81. The van der Waals surface area contributed by atoms with E-state index in [1.54, 1.807) is 0 Å². The quantitative estimate of drug-likeness (QED) is 0.512. The lowest BCUT2D eigenvalue weighted by molar-refractivity contribution is 0.354. The van der Waals surface area contributed by atoms with Crippen molar-refractivity contribution in [3.63, 3.8) is 0 Å². The van der Waals surface area contributed by atoms with E-state index < -0.39 is 0 Å². The lowest BCUT2D eigenvalue weighted by Crippen LogP contribution is -2.06. The van der Waals surface area contributed by atoms with E-state index in [1.165, 1.54) is 19.3 Å². The average Bonchev–Trinajstić information content (AvgIpc) is 1.98. The molecule has 2 atom stereocenters. The Labute approximate surface area is 66.0 Å². The van der Waals surface area contributed by atoms with E-state index in [9.17, 15) is 0 Å².